The van der Waals surface area contributed by atoms with Crippen LogP contribution in [0.2, 0.25) is 0 Å². The summed E-state index contributed by atoms with van der Waals surface area (Å²) in [5.41, 5.74) is 12.9. The minimum Gasteiger partial charge on any atom is -0.0808 e. The van der Waals surface area contributed by atoms with Crippen LogP contribution in [0.1, 0.15) is 30.0 Å². The predicted molar refractivity (Wildman–Crippen MR) is 149 cm³/mol. The second-order valence-electron chi connectivity index (χ2n) is 9.38. The minimum absolute atomic E-state index is 0.567. The van der Waals surface area contributed by atoms with Crippen LogP contribution in [0.5, 0.6) is 0 Å². The molecular formula is C35H28. The van der Waals surface area contributed by atoms with Crippen LogP contribution in [0.3, 0.4) is 0 Å². The van der Waals surface area contributed by atoms with Crippen LogP contribution in [0, 0.1) is 5.92 Å². The molecule has 0 heterocycles. The zero-order valence-corrected chi connectivity index (χ0v) is 20.0. The summed E-state index contributed by atoms with van der Waals surface area (Å²) in [4.78, 5) is 0. The van der Waals surface area contributed by atoms with Crippen molar-refractivity contribution >= 4 is 16.7 Å². The first-order chi connectivity index (χ1) is 17.3. The molecule has 0 saturated heterocycles. The van der Waals surface area contributed by atoms with E-state index in [1.165, 1.54) is 55.7 Å². The van der Waals surface area contributed by atoms with Crippen LogP contribution in [0.25, 0.3) is 16.7 Å². The second kappa shape index (κ2) is 9.24. The quantitative estimate of drug-likeness (QED) is 0.373. The summed E-state index contributed by atoms with van der Waals surface area (Å²) < 4.78 is 0. The maximum absolute atomic E-state index is 2.43. The summed E-state index contributed by atoms with van der Waals surface area (Å²) >= 11 is 0. The van der Waals surface area contributed by atoms with Crippen LogP contribution in [0.4, 0.5) is 0 Å². The van der Waals surface area contributed by atoms with Gasteiger partial charge in [-0.3, -0.25) is 0 Å². The van der Waals surface area contributed by atoms with Gasteiger partial charge in [-0.25, -0.2) is 0 Å². The predicted octanol–water partition coefficient (Wildman–Crippen LogP) is 9.01. The van der Waals surface area contributed by atoms with Crippen molar-refractivity contribution in [2.45, 2.75) is 13.3 Å². The average Bonchev–Trinajstić information content (AvgIpc) is 3.57. The van der Waals surface area contributed by atoms with E-state index < -0.39 is 0 Å². The third-order valence-electron chi connectivity index (χ3n) is 6.99. The lowest BCUT2D eigenvalue weighted by molar-refractivity contribution is 0.732. The first-order valence-corrected chi connectivity index (χ1v) is 12.4. The van der Waals surface area contributed by atoms with Crippen molar-refractivity contribution in [2.24, 2.45) is 5.92 Å². The summed E-state index contributed by atoms with van der Waals surface area (Å²) in [5.74, 6) is 0.567. The number of hydrogen-bond donors (Lipinski definition) is 0. The van der Waals surface area contributed by atoms with E-state index in [1.54, 1.807) is 0 Å². The monoisotopic (exact) mass is 448 g/mol. The highest BCUT2D eigenvalue weighted by Gasteiger charge is 2.34. The zero-order valence-electron chi connectivity index (χ0n) is 20.0. The average molecular weight is 449 g/mol. The molecule has 168 valence electrons. The molecule has 3 aromatic rings. The van der Waals surface area contributed by atoms with E-state index >= 15 is 0 Å². The van der Waals surface area contributed by atoms with Crippen LogP contribution < -0.4 is 0 Å². The first kappa shape index (κ1) is 21.4. The smallest absolute Gasteiger partial charge is 0.00139 e. The number of rotatable bonds is 4. The molecule has 0 amide bonds. The largest absolute Gasteiger partial charge is 0.0808 e. The Labute approximate surface area is 208 Å². The Balaban J connectivity index is 1.77. The molecule has 0 aliphatic heterocycles. The lowest BCUT2D eigenvalue weighted by atomic mass is 9.85. The summed E-state index contributed by atoms with van der Waals surface area (Å²) in [6.45, 7) is 2.29. The van der Waals surface area contributed by atoms with E-state index in [0.29, 0.717) is 5.92 Å². The van der Waals surface area contributed by atoms with Gasteiger partial charge in [-0.2, -0.15) is 0 Å². The van der Waals surface area contributed by atoms with Crippen LogP contribution in [0.15, 0.2) is 156 Å². The molecule has 6 rings (SSSR count). The Hall–Kier alpha value is -4.16. The molecule has 1 atom stereocenters. The Bertz CT molecular complexity index is 1450. The lowest BCUT2D eigenvalue weighted by Crippen LogP contribution is -2.00. The molecule has 0 aromatic heterocycles. The molecule has 0 spiro atoms. The normalized spacial score (nSPS) is 19.2. The van der Waals surface area contributed by atoms with E-state index in [4.69, 9.17) is 0 Å². The van der Waals surface area contributed by atoms with Gasteiger partial charge in [0.1, 0.15) is 0 Å². The third-order valence-corrected chi connectivity index (χ3v) is 6.99. The summed E-state index contributed by atoms with van der Waals surface area (Å²) in [5, 5.41) is 0. The van der Waals surface area contributed by atoms with Gasteiger partial charge >= 0.3 is 0 Å². The van der Waals surface area contributed by atoms with Gasteiger partial charge in [0.25, 0.3) is 0 Å². The van der Waals surface area contributed by atoms with Crippen molar-refractivity contribution in [1.29, 1.82) is 0 Å². The van der Waals surface area contributed by atoms with Gasteiger partial charge in [-0.1, -0.05) is 140 Å². The van der Waals surface area contributed by atoms with Crippen molar-refractivity contribution in [2.75, 3.05) is 0 Å². The fourth-order valence-corrected chi connectivity index (χ4v) is 5.34. The summed E-state index contributed by atoms with van der Waals surface area (Å²) in [7, 11) is 0. The third kappa shape index (κ3) is 3.92. The first-order valence-electron chi connectivity index (χ1n) is 12.4. The highest BCUT2D eigenvalue weighted by Crippen LogP contribution is 2.55. The Morgan fingerprint density at radius 2 is 0.971 bits per heavy atom. The fourth-order valence-electron chi connectivity index (χ4n) is 5.34. The fraction of sp³-hybridized carbons (Fsp3) is 0.0857. The molecule has 0 radical (unpaired) electrons. The van der Waals surface area contributed by atoms with Crippen molar-refractivity contribution in [3.05, 3.63) is 173 Å². The number of hydrogen-bond acceptors (Lipinski definition) is 0. The zero-order chi connectivity index (χ0) is 23.6. The van der Waals surface area contributed by atoms with Crippen molar-refractivity contribution in [3.8, 4) is 0 Å². The van der Waals surface area contributed by atoms with Crippen LogP contribution in [-0.2, 0) is 0 Å². The van der Waals surface area contributed by atoms with E-state index in [9.17, 15) is 0 Å². The Morgan fingerprint density at radius 1 is 0.514 bits per heavy atom. The SMILES string of the molecule is CC1C=CC(C2=C(c3ccccc3)C(=C3C=CC=C3)C(c3ccccc3)=C2c2ccccc2)=CC1. The van der Waals surface area contributed by atoms with Crippen LogP contribution >= 0.6 is 0 Å². The molecule has 0 fully saturated rings. The molecule has 0 heteroatoms. The molecule has 3 aliphatic rings. The standard InChI is InChI=1S/C35H28/c1-25-21-23-30(24-22-25)35-33(27-15-7-3-8-16-27)31(26-13-5-2-6-14-26)32(29-19-11-12-20-29)34(35)28-17-9-4-10-18-28/h2-21,23-25H,22H2,1H3. The molecule has 0 nitrogen and oxygen atoms in total. The van der Waals surface area contributed by atoms with E-state index in [1.807, 2.05) is 0 Å². The van der Waals surface area contributed by atoms with Crippen molar-refractivity contribution < 1.29 is 0 Å². The van der Waals surface area contributed by atoms with E-state index in [-0.39, 0.29) is 0 Å². The van der Waals surface area contributed by atoms with Gasteiger partial charge in [0.2, 0.25) is 0 Å². The maximum atomic E-state index is 2.43. The molecule has 0 bridgehead atoms. The van der Waals surface area contributed by atoms with Gasteiger partial charge in [0.15, 0.2) is 0 Å². The van der Waals surface area contributed by atoms with Crippen molar-refractivity contribution in [3.63, 3.8) is 0 Å². The van der Waals surface area contributed by atoms with Gasteiger partial charge in [0.05, 0.1) is 0 Å². The van der Waals surface area contributed by atoms with Crippen LogP contribution in [-0.4, -0.2) is 0 Å². The minimum atomic E-state index is 0.567. The molecule has 3 aromatic carbocycles. The molecule has 0 N–H and O–H groups in total. The highest BCUT2D eigenvalue weighted by molar-refractivity contribution is 6.23. The maximum Gasteiger partial charge on any atom is -0.00139 e. The highest BCUT2D eigenvalue weighted by atomic mass is 14.4. The second-order valence-corrected chi connectivity index (χ2v) is 9.38. The Kier molecular flexibility index (Phi) is 5.64. The molecular weight excluding hydrogens is 420 g/mol. The molecule has 1 unspecified atom stereocenters. The van der Waals surface area contributed by atoms with Gasteiger partial charge in [-0.05, 0) is 68.0 Å². The van der Waals surface area contributed by atoms with E-state index in [0.717, 1.165) is 6.42 Å². The number of allylic oxidation sites excluding steroid dienone is 14. The van der Waals surface area contributed by atoms with E-state index in [2.05, 4.69) is 140 Å². The summed E-state index contributed by atoms with van der Waals surface area (Å²) in [6.07, 6.45) is 17.0. The van der Waals surface area contributed by atoms with Gasteiger partial charge in [-0.15, -0.1) is 0 Å². The van der Waals surface area contributed by atoms with Gasteiger partial charge in [0, 0.05) is 0 Å². The molecule has 3 aliphatic carbocycles. The van der Waals surface area contributed by atoms with Gasteiger partial charge < -0.3 is 0 Å². The topological polar surface area (TPSA) is 0 Å². The summed E-state index contributed by atoms with van der Waals surface area (Å²) in [6, 6.07) is 32.7. The van der Waals surface area contributed by atoms with Crippen molar-refractivity contribution in [1.82, 2.24) is 0 Å². The molecule has 0 saturated carbocycles. The Morgan fingerprint density at radius 3 is 1.43 bits per heavy atom. The number of benzene rings is 3. The molecule has 35 heavy (non-hydrogen) atoms. The lowest BCUT2D eigenvalue weighted by Gasteiger charge is -2.18.